The van der Waals surface area contributed by atoms with E-state index in [9.17, 15) is 18.4 Å². The van der Waals surface area contributed by atoms with E-state index in [2.05, 4.69) is 4.98 Å². The van der Waals surface area contributed by atoms with Crippen LogP contribution in [0.1, 0.15) is 22.7 Å². The highest BCUT2D eigenvalue weighted by atomic mass is 19.3. The van der Waals surface area contributed by atoms with Gasteiger partial charge in [0.1, 0.15) is 6.04 Å². The number of benzene rings is 1. The highest BCUT2D eigenvalue weighted by Gasteiger charge is 2.27. The van der Waals surface area contributed by atoms with Crippen LogP contribution in [0.4, 0.5) is 8.78 Å². The maximum absolute atomic E-state index is 12.4. The predicted molar refractivity (Wildman–Crippen MR) is 76.2 cm³/mol. The first kappa shape index (κ1) is 16.6. The van der Waals surface area contributed by atoms with Gasteiger partial charge in [-0.3, -0.25) is 4.79 Å². The summed E-state index contributed by atoms with van der Waals surface area (Å²) >= 11 is 0. The molecule has 122 valence electrons. The van der Waals surface area contributed by atoms with Gasteiger partial charge in [0.25, 0.3) is 5.91 Å². The monoisotopic (exact) mass is 324 g/mol. The number of nitrogens with zero attached hydrogens (tertiary/aromatic N) is 1. The molecule has 0 saturated carbocycles. The van der Waals surface area contributed by atoms with Crippen molar-refractivity contribution < 1.29 is 27.9 Å². The van der Waals surface area contributed by atoms with Crippen molar-refractivity contribution in [3.8, 4) is 11.5 Å². The van der Waals surface area contributed by atoms with E-state index in [4.69, 9.17) is 9.52 Å². The lowest BCUT2D eigenvalue weighted by Crippen LogP contribution is -2.42. The highest BCUT2D eigenvalue weighted by Crippen LogP contribution is 2.21. The lowest BCUT2D eigenvalue weighted by atomic mass is 10.2. The van der Waals surface area contributed by atoms with Gasteiger partial charge in [-0.2, -0.15) is 0 Å². The number of carbonyl (C=O) groups excluding carboxylic acids is 1. The Morgan fingerprint density at radius 2 is 1.96 bits per heavy atom. The van der Waals surface area contributed by atoms with Crippen molar-refractivity contribution in [2.45, 2.75) is 25.8 Å². The van der Waals surface area contributed by atoms with Crippen LogP contribution in [-0.4, -0.2) is 34.4 Å². The summed E-state index contributed by atoms with van der Waals surface area (Å²) in [7, 11) is 0. The molecule has 0 fully saturated rings. The minimum absolute atomic E-state index is 0.189. The van der Waals surface area contributed by atoms with Crippen LogP contribution in [-0.2, 0) is 4.79 Å². The fourth-order valence-corrected chi connectivity index (χ4v) is 1.93. The van der Waals surface area contributed by atoms with Crippen LogP contribution >= 0.6 is 0 Å². The van der Waals surface area contributed by atoms with E-state index in [1.807, 2.05) is 5.32 Å². The smallest absolute Gasteiger partial charge is 0.326 e. The summed E-state index contributed by atoms with van der Waals surface area (Å²) in [4.78, 5) is 27.1. The third-order valence-corrected chi connectivity index (χ3v) is 3.04. The lowest BCUT2D eigenvalue weighted by Gasteiger charge is -2.12. The summed E-state index contributed by atoms with van der Waals surface area (Å²) < 4.78 is 30.0. The Kier molecular flexibility index (Phi) is 5.05. The molecule has 2 N–H and O–H groups in total. The van der Waals surface area contributed by atoms with E-state index in [0.717, 1.165) is 0 Å². The first-order valence-electron chi connectivity index (χ1n) is 6.73. The van der Waals surface area contributed by atoms with Gasteiger partial charge in [-0.15, -0.1) is 0 Å². The summed E-state index contributed by atoms with van der Waals surface area (Å²) in [5.74, 6) is -2.46. The number of halogens is 2. The van der Waals surface area contributed by atoms with E-state index in [0.29, 0.717) is 5.56 Å². The Morgan fingerprint density at radius 3 is 2.52 bits per heavy atom. The van der Waals surface area contributed by atoms with Crippen LogP contribution in [0, 0.1) is 6.92 Å². The van der Waals surface area contributed by atoms with Gasteiger partial charge in [0.15, 0.2) is 0 Å². The van der Waals surface area contributed by atoms with Gasteiger partial charge < -0.3 is 14.8 Å². The average Bonchev–Trinajstić information content (AvgIpc) is 2.89. The van der Waals surface area contributed by atoms with Crippen molar-refractivity contribution in [2.24, 2.45) is 0 Å². The van der Waals surface area contributed by atoms with Gasteiger partial charge in [0.2, 0.25) is 18.1 Å². The number of alkyl halides is 2. The number of hydrogen-bond donors (Lipinski definition) is 2. The molecule has 1 amide bonds. The lowest BCUT2D eigenvalue weighted by molar-refractivity contribution is -0.140. The summed E-state index contributed by atoms with van der Waals surface area (Å²) in [6.07, 6.45) is -3.84. The van der Waals surface area contributed by atoms with Gasteiger partial charge in [-0.1, -0.05) is 18.2 Å². The number of aromatic nitrogens is 1. The molecule has 23 heavy (non-hydrogen) atoms. The van der Waals surface area contributed by atoms with Crippen molar-refractivity contribution in [1.29, 1.82) is 0 Å². The molecule has 0 aliphatic rings. The van der Waals surface area contributed by atoms with Gasteiger partial charge in [0.05, 0.1) is 5.69 Å². The van der Waals surface area contributed by atoms with Gasteiger partial charge in [0, 0.05) is 12.0 Å². The molecule has 1 aromatic carbocycles. The highest BCUT2D eigenvalue weighted by molar-refractivity contribution is 5.95. The Balaban J connectivity index is 2.19. The number of oxazole rings is 1. The molecule has 0 saturated heterocycles. The fourth-order valence-electron chi connectivity index (χ4n) is 1.93. The van der Waals surface area contributed by atoms with Gasteiger partial charge >= 0.3 is 5.97 Å². The number of aliphatic carboxylic acids is 1. The number of amides is 1. The SMILES string of the molecule is Cc1nc(-c2ccccc2)oc1C(=O)NC(CC(F)F)C(=O)O. The molecule has 0 spiro atoms. The predicted octanol–water partition coefficient (Wildman–Crippen LogP) is 2.49. The van der Waals surface area contributed by atoms with Crippen molar-refractivity contribution in [3.05, 3.63) is 41.8 Å². The molecule has 2 rings (SSSR count). The second-order valence-corrected chi connectivity index (χ2v) is 4.79. The second-order valence-electron chi connectivity index (χ2n) is 4.79. The normalized spacial score (nSPS) is 12.2. The molecule has 0 radical (unpaired) electrons. The van der Waals surface area contributed by atoms with E-state index in [1.54, 1.807) is 30.3 Å². The van der Waals surface area contributed by atoms with Crippen LogP contribution in [0.15, 0.2) is 34.7 Å². The second kappa shape index (κ2) is 6.99. The Bertz CT molecular complexity index is 701. The zero-order chi connectivity index (χ0) is 17.0. The Morgan fingerprint density at radius 1 is 1.30 bits per heavy atom. The number of nitrogens with one attached hydrogen (secondary N) is 1. The van der Waals surface area contributed by atoms with Gasteiger partial charge in [-0.25, -0.2) is 18.6 Å². The number of carboxylic acid groups (broad SMARTS) is 1. The zero-order valence-electron chi connectivity index (χ0n) is 12.1. The third kappa shape index (κ3) is 4.12. The molecule has 1 aromatic heterocycles. The standard InChI is InChI=1S/C15H14F2N2O4/c1-8-12(13(20)19-10(15(21)22)7-11(16)17)23-14(18-8)9-5-3-2-4-6-9/h2-6,10-11H,7H2,1H3,(H,19,20)(H,21,22). The minimum atomic E-state index is -2.85. The molecule has 0 aliphatic carbocycles. The van der Waals surface area contributed by atoms with Crippen molar-refractivity contribution in [2.75, 3.05) is 0 Å². The van der Waals surface area contributed by atoms with Crippen LogP contribution in [0.3, 0.4) is 0 Å². The Hall–Kier alpha value is -2.77. The largest absolute Gasteiger partial charge is 0.480 e. The molecule has 6 nitrogen and oxygen atoms in total. The summed E-state index contributed by atoms with van der Waals surface area (Å²) in [5.41, 5.74) is 0.875. The molecular formula is C15H14F2N2O4. The van der Waals surface area contributed by atoms with E-state index in [1.165, 1.54) is 6.92 Å². The zero-order valence-corrected chi connectivity index (χ0v) is 12.1. The quantitative estimate of drug-likeness (QED) is 0.851. The number of aryl methyl sites for hydroxylation is 1. The molecular weight excluding hydrogens is 310 g/mol. The molecule has 1 atom stereocenters. The maximum Gasteiger partial charge on any atom is 0.326 e. The summed E-state index contributed by atoms with van der Waals surface area (Å²) in [6, 6.07) is 7.07. The molecule has 1 unspecified atom stereocenters. The van der Waals surface area contributed by atoms with Crippen LogP contribution < -0.4 is 5.32 Å². The Labute approximate surface area is 130 Å². The fraction of sp³-hybridized carbons (Fsp3) is 0.267. The summed E-state index contributed by atoms with van der Waals surface area (Å²) in [6.45, 7) is 1.51. The van der Waals surface area contributed by atoms with Crippen molar-refractivity contribution in [1.82, 2.24) is 10.3 Å². The van der Waals surface area contributed by atoms with Crippen LogP contribution in [0.25, 0.3) is 11.5 Å². The first-order valence-corrected chi connectivity index (χ1v) is 6.73. The number of carboxylic acids is 1. The summed E-state index contributed by atoms with van der Waals surface area (Å²) in [5, 5.41) is 10.9. The van der Waals surface area contributed by atoms with Crippen molar-refractivity contribution in [3.63, 3.8) is 0 Å². The molecule has 0 bridgehead atoms. The van der Waals surface area contributed by atoms with E-state index >= 15 is 0 Å². The maximum atomic E-state index is 12.4. The topological polar surface area (TPSA) is 92.4 Å². The number of rotatable bonds is 6. The average molecular weight is 324 g/mol. The van der Waals surface area contributed by atoms with Gasteiger partial charge in [-0.05, 0) is 19.1 Å². The third-order valence-electron chi connectivity index (χ3n) is 3.04. The van der Waals surface area contributed by atoms with Crippen LogP contribution in [0.2, 0.25) is 0 Å². The number of carbonyl (C=O) groups is 2. The molecule has 8 heteroatoms. The van der Waals surface area contributed by atoms with E-state index < -0.39 is 30.8 Å². The van der Waals surface area contributed by atoms with Crippen molar-refractivity contribution >= 4 is 11.9 Å². The number of hydrogen-bond acceptors (Lipinski definition) is 4. The minimum Gasteiger partial charge on any atom is -0.480 e. The van der Waals surface area contributed by atoms with Crippen LogP contribution in [0.5, 0.6) is 0 Å². The molecule has 0 aliphatic heterocycles. The molecule has 1 heterocycles. The van der Waals surface area contributed by atoms with E-state index in [-0.39, 0.29) is 17.3 Å². The molecule has 2 aromatic rings. The first-order chi connectivity index (χ1) is 10.9.